The normalized spacial score (nSPS) is 26.9. The molecule has 2 heterocycles. The number of benzene rings is 2. The number of thiazole rings is 1. The number of rotatable bonds is 3. The molecule has 12 heteroatoms. The van der Waals surface area contributed by atoms with Crippen molar-refractivity contribution in [2.45, 2.75) is 37.4 Å². The van der Waals surface area contributed by atoms with Gasteiger partial charge in [0.1, 0.15) is 23.2 Å². The van der Waals surface area contributed by atoms with Crippen molar-refractivity contribution in [2.75, 3.05) is 13.1 Å². The van der Waals surface area contributed by atoms with E-state index in [9.17, 15) is 30.4 Å². The van der Waals surface area contributed by atoms with Crippen molar-refractivity contribution in [1.29, 1.82) is 0 Å². The van der Waals surface area contributed by atoms with E-state index in [-0.39, 0.29) is 23.9 Å². The number of nitrogens with zero attached hydrogens (tertiary/aromatic N) is 2. The first-order valence-corrected chi connectivity index (χ1v) is 14.1. The molecule has 196 valence electrons. The molecule has 1 saturated heterocycles. The van der Waals surface area contributed by atoms with Gasteiger partial charge in [-0.2, -0.15) is 30.6 Å². The van der Waals surface area contributed by atoms with Gasteiger partial charge in [-0.05, 0) is 66.8 Å². The second kappa shape index (κ2) is 8.55. The molecule has 1 aromatic heterocycles. The van der Waals surface area contributed by atoms with Crippen molar-refractivity contribution in [3.05, 3.63) is 65.4 Å². The standard InChI is InChI=1S/C25H22F5N3O2S2/c26-19-5-6-20(21(27)10-19)22-11-31-23(36-22)15-2-1-14-8-17-3-4-18(9-16(14)7-15)24(17)12-33(13-25(28,29)30)37(34,35)32-24/h1-2,5-7,10-11,17-18,32H,3-4,8-9,12-13H2. The number of halogens is 5. The first-order valence-electron chi connectivity index (χ1n) is 11.8. The summed E-state index contributed by atoms with van der Waals surface area (Å²) >= 11 is 1.28. The lowest BCUT2D eigenvalue weighted by atomic mass is 9.79. The Hall–Kier alpha value is -2.41. The van der Waals surface area contributed by atoms with E-state index in [1.165, 1.54) is 23.5 Å². The SMILES string of the molecule is O=S1(=O)NC2(CN1CC(F)(F)F)C1CCC2Cc2cc(-c3ncc(-c4ccc(F)cc4F)s3)ccc2C1. The van der Waals surface area contributed by atoms with Gasteiger partial charge < -0.3 is 0 Å². The third-order valence-corrected chi connectivity index (χ3v) is 10.5. The van der Waals surface area contributed by atoms with Crippen LogP contribution in [0.1, 0.15) is 24.0 Å². The highest BCUT2D eigenvalue weighted by Crippen LogP contribution is 2.51. The fourth-order valence-electron chi connectivity index (χ4n) is 6.20. The Morgan fingerprint density at radius 3 is 2.49 bits per heavy atom. The number of alkyl halides is 3. The van der Waals surface area contributed by atoms with Crippen molar-refractivity contribution in [2.24, 2.45) is 11.8 Å². The average molecular weight is 556 g/mol. The smallest absolute Gasteiger partial charge is 0.244 e. The van der Waals surface area contributed by atoms with E-state index in [0.29, 0.717) is 27.0 Å². The molecule has 5 nitrogen and oxygen atoms in total. The van der Waals surface area contributed by atoms with Crippen molar-refractivity contribution < 1.29 is 30.4 Å². The number of hydrogen-bond acceptors (Lipinski definition) is 4. The van der Waals surface area contributed by atoms with Gasteiger partial charge in [0.05, 0.1) is 10.4 Å². The second-order valence-electron chi connectivity index (χ2n) is 10.0. The van der Waals surface area contributed by atoms with E-state index < -0.39 is 40.1 Å². The summed E-state index contributed by atoms with van der Waals surface area (Å²) in [5.41, 5.74) is 2.20. The van der Waals surface area contributed by atoms with Gasteiger partial charge in [-0.3, -0.25) is 0 Å². The van der Waals surface area contributed by atoms with Crippen LogP contribution in [0, 0.1) is 23.5 Å². The quantitative estimate of drug-likeness (QED) is 0.445. The third-order valence-electron chi connectivity index (χ3n) is 7.86. The largest absolute Gasteiger partial charge is 0.402 e. The lowest BCUT2D eigenvalue weighted by Crippen LogP contribution is -2.52. The van der Waals surface area contributed by atoms with E-state index in [0.717, 1.165) is 35.6 Å². The first kappa shape index (κ1) is 24.9. The molecule has 2 aromatic carbocycles. The van der Waals surface area contributed by atoms with Crippen molar-refractivity contribution in [1.82, 2.24) is 14.0 Å². The molecule has 2 fully saturated rings. The molecule has 37 heavy (non-hydrogen) atoms. The Morgan fingerprint density at radius 2 is 1.78 bits per heavy atom. The monoisotopic (exact) mass is 555 g/mol. The Balaban J connectivity index is 1.29. The molecular weight excluding hydrogens is 533 g/mol. The number of aromatic nitrogens is 1. The molecule has 1 aliphatic heterocycles. The van der Waals surface area contributed by atoms with E-state index in [2.05, 4.69) is 9.71 Å². The number of hydrogen-bond donors (Lipinski definition) is 1. The van der Waals surface area contributed by atoms with Crippen LogP contribution in [0.2, 0.25) is 0 Å². The Kier molecular flexibility index (Phi) is 5.76. The predicted molar refractivity (Wildman–Crippen MR) is 129 cm³/mol. The summed E-state index contributed by atoms with van der Waals surface area (Å²) in [4.78, 5) is 4.99. The fourth-order valence-corrected chi connectivity index (χ4v) is 8.85. The molecule has 0 radical (unpaired) electrons. The van der Waals surface area contributed by atoms with E-state index in [1.807, 2.05) is 18.2 Å². The molecule has 0 amide bonds. The van der Waals surface area contributed by atoms with Crippen LogP contribution in [0.3, 0.4) is 0 Å². The molecule has 2 bridgehead atoms. The van der Waals surface area contributed by atoms with Crippen LogP contribution in [-0.4, -0.2) is 42.5 Å². The zero-order chi connectivity index (χ0) is 26.2. The van der Waals surface area contributed by atoms with Gasteiger partial charge >= 0.3 is 6.18 Å². The second-order valence-corrected chi connectivity index (χ2v) is 12.7. The summed E-state index contributed by atoms with van der Waals surface area (Å²) in [5.74, 6) is -1.57. The zero-order valence-electron chi connectivity index (χ0n) is 19.4. The maximum absolute atomic E-state index is 14.2. The molecular formula is C25H22F5N3O2S2. The minimum Gasteiger partial charge on any atom is -0.244 e. The summed E-state index contributed by atoms with van der Waals surface area (Å²) in [7, 11) is -4.24. The fraction of sp³-hybridized carbons (Fsp3) is 0.400. The number of nitrogens with one attached hydrogen (secondary N) is 1. The molecule has 1 saturated carbocycles. The zero-order valence-corrected chi connectivity index (χ0v) is 21.0. The maximum Gasteiger partial charge on any atom is 0.402 e. The van der Waals surface area contributed by atoms with Gasteiger partial charge in [-0.15, -0.1) is 11.3 Å². The Labute approximate surface area is 214 Å². The minimum absolute atomic E-state index is 0.106. The van der Waals surface area contributed by atoms with Gasteiger partial charge in [-0.1, -0.05) is 12.1 Å². The highest BCUT2D eigenvalue weighted by molar-refractivity contribution is 7.87. The van der Waals surface area contributed by atoms with Crippen LogP contribution < -0.4 is 4.72 Å². The average Bonchev–Trinajstić information content (AvgIpc) is 3.42. The predicted octanol–water partition coefficient (Wildman–Crippen LogP) is 5.33. The maximum atomic E-state index is 14.2. The molecule has 3 atom stereocenters. The highest BCUT2D eigenvalue weighted by Gasteiger charge is 2.60. The summed E-state index contributed by atoms with van der Waals surface area (Å²) in [6.45, 7) is -1.69. The van der Waals surface area contributed by atoms with Crippen molar-refractivity contribution >= 4 is 21.5 Å². The van der Waals surface area contributed by atoms with E-state index in [1.54, 1.807) is 6.20 Å². The molecule has 3 unspecified atom stereocenters. The van der Waals surface area contributed by atoms with Crippen molar-refractivity contribution in [3.63, 3.8) is 0 Å². The van der Waals surface area contributed by atoms with Crippen LogP contribution in [0.4, 0.5) is 22.0 Å². The van der Waals surface area contributed by atoms with E-state index in [4.69, 9.17) is 0 Å². The van der Waals surface area contributed by atoms with E-state index >= 15 is 0 Å². The summed E-state index contributed by atoms with van der Waals surface area (Å²) in [6, 6.07) is 9.26. The molecule has 2 aliphatic carbocycles. The first-order chi connectivity index (χ1) is 17.4. The van der Waals surface area contributed by atoms with Gasteiger partial charge in [0, 0.05) is 29.9 Å². The topological polar surface area (TPSA) is 62.3 Å². The van der Waals surface area contributed by atoms with Crippen LogP contribution in [-0.2, 0) is 23.1 Å². The molecule has 1 spiro atoms. The third kappa shape index (κ3) is 4.37. The lowest BCUT2D eigenvalue weighted by Gasteiger charge is -2.33. The van der Waals surface area contributed by atoms with Crippen LogP contribution in [0.25, 0.3) is 21.0 Å². The molecule has 6 rings (SSSR count). The van der Waals surface area contributed by atoms with Gasteiger partial charge in [-0.25, -0.2) is 13.8 Å². The van der Waals surface area contributed by atoms with Crippen LogP contribution in [0.5, 0.6) is 0 Å². The van der Waals surface area contributed by atoms with Gasteiger partial charge in [0.15, 0.2) is 0 Å². The lowest BCUT2D eigenvalue weighted by molar-refractivity contribution is -0.136. The Morgan fingerprint density at radius 1 is 1.05 bits per heavy atom. The summed E-state index contributed by atoms with van der Waals surface area (Å²) in [6.07, 6.45) is -0.507. The number of fused-ring (bicyclic) bond motifs is 1. The summed E-state index contributed by atoms with van der Waals surface area (Å²) < 4.78 is 95.4. The molecule has 3 aliphatic rings. The highest BCUT2D eigenvalue weighted by atomic mass is 32.2. The van der Waals surface area contributed by atoms with Crippen LogP contribution >= 0.6 is 11.3 Å². The Bertz CT molecular complexity index is 1490. The van der Waals surface area contributed by atoms with Gasteiger partial charge in [0.25, 0.3) is 10.2 Å². The molecule has 3 aromatic rings. The molecule has 1 N–H and O–H groups in total. The van der Waals surface area contributed by atoms with Crippen molar-refractivity contribution in [3.8, 4) is 21.0 Å². The minimum atomic E-state index is -4.62. The van der Waals surface area contributed by atoms with Crippen LogP contribution in [0.15, 0.2) is 42.6 Å². The van der Waals surface area contributed by atoms with Gasteiger partial charge in [0.2, 0.25) is 0 Å². The summed E-state index contributed by atoms with van der Waals surface area (Å²) in [5, 5.41) is 0.656.